The van der Waals surface area contributed by atoms with Gasteiger partial charge in [-0.1, -0.05) is 29.3 Å². The van der Waals surface area contributed by atoms with E-state index in [1.54, 1.807) is 24.3 Å². The summed E-state index contributed by atoms with van der Waals surface area (Å²) < 4.78 is 10.5. The molecule has 0 aliphatic rings. The molecule has 0 spiro atoms. The molecule has 1 atom stereocenters. The average molecular weight is 357 g/mol. The molecule has 1 unspecified atom stereocenters. The summed E-state index contributed by atoms with van der Waals surface area (Å²) in [5.74, 6) is -0.664. The van der Waals surface area contributed by atoms with E-state index in [9.17, 15) is 14.7 Å². The Kier molecular flexibility index (Phi) is 5.87. The highest BCUT2D eigenvalue weighted by atomic mass is 16.5. The van der Waals surface area contributed by atoms with Gasteiger partial charge in [-0.05, 0) is 38.5 Å². The topological polar surface area (TPSA) is 84.9 Å². The van der Waals surface area contributed by atoms with Crippen molar-refractivity contribution in [2.75, 3.05) is 14.2 Å². The van der Waals surface area contributed by atoms with Gasteiger partial charge in [0.15, 0.2) is 6.04 Å². The maximum Gasteiger partial charge on any atom is 0.330 e. The molecule has 0 aliphatic heterocycles. The molecule has 2 aromatic carbocycles. The van der Waals surface area contributed by atoms with Crippen LogP contribution in [0.1, 0.15) is 38.7 Å². The number of aryl methyl sites for hydroxylation is 2. The predicted octanol–water partition coefficient (Wildman–Crippen LogP) is 3.18. The molecule has 0 bridgehead atoms. The first-order valence-corrected chi connectivity index (χ1v) is 8.11. The van der Waals surface area contributed by atoms with Gasteiger partial charge in [0.2, 0.25) is 0 Å². The maximum absolute atomic E-state index is 12.7. The number of carbonyl (C=O) groups is 2. The number of rotatable bonds is 6. The van der Waals surface area contributed by atoms with Crippen LogP contribution in [0.15, 0.2) is 30.3 Å². The molecule has 2 N–H and O–H groups in total. The van der Waals surface area contributed by atoms with Crippen LogP contribution in [-0.2, 0) is 4.79 Å². The van der Waals surface area contributed by atoms with E-state index in [0.717, 1.165) is 16.7 Å². The molecule has 0 aromatic heterocycles. The van der Waals surface area contributed by atoms with Gasteiger partial charge < -0.3 is 19.9 Å². The fourth-order valence-corrected chi connectivity index (χ4v) is 2.90. The highest BCUT2D eigenvalue weighted by Gasteiger charge is 2.24. The minimum Gasteiger partial charge on any atom is -0.496 e. The van der Waals surface area contributed by atoms with Crippen molar-refractivity contribution in [1.82, 2.24) is 5.32 Å². The van der Waals surface area contributed by atoms with Crippen molar-refractivity contribution in [3.8, 4) is 11.5 Å². The van der Waals surface area contributed by atoms with Crippen LogP contribution >= 0.6 is 0 Å². The van der Waals surface area contributed by atoms with Gasteiger partial charge in [-0.2, -0.15) is 0 Å². The molecule has 6 nitrogen and oxygen atoms in total. The standard InChI is InChI=1S/C20H23NO5/c1-11-6-12(2)8-14(7-11)18(20(23)24)21-19(22)15-9-16(25-4)13(3)17(10-15)26-5/h6-10,18H,1-5H3,(H,21,22)(H,23,24). The number of carbonyl (C=O) groups excluding carboxylic acids is 1. The zero-order chi connectivity index (χ0) is 19.4. The van der Waals surface area contributed by atoms with Crippen LogP contribution in [0.25, 0.3) is 0 Å². The molecule has 0 aliphatic carbocycles. The lowest BCUT2D eigenvalue weighted by atomic mass is 10.0. The molecule has 0 fully saturated rings. The second kappa shape index (κ2) is 7.91. The third-order valence-electron chi connectivity index (χ3n) is 4.11. The molecule has 6 heteroatoms. The summed E-state index contributed by atoms with van der Waals surface area (Å²) >= 11 is 0. The average Bonchev–Trinajstić information content (AvgIpc) is 2.58. The van der Waals surface area contributed by atoms with Crippen LogP contribution in [0.3, 0.4) is 0 Å². The van der Waals surface area contributed by atoms with Gasteiger partial charge in [-0.25, -0.2) is 4.79 Å². The van der Waals surface area contributed by atoms with Gasteiger partial charge in [0.05, 0.1) is 14.2 Å². The second-order valence-electron chi connectivity index (χ2n) is 6.17. The van der Waals surface area contributed by atoms with E-state index in [1.165, 1.54) is 14.2 Å². The number of hydrogen-bond donors (Lipinski definition) is 2. The third-order valence-corrected chi connectivity index (χ3v) is 4.11. The van der Waals surface area contributed by atoms with Crippen molar-refractivity contribution in [2.24, 2.45) is 0 Å². The first-order valence-electron chi connectivity index (χ1n) is 8.11. The van der Waals surface area contributed by atoms with E-state index in [0.29, 0.717) is 17.1 Å². The molecule has 0 saturated carbocycles. The van der Waals surface area contributed by atoms with Crippen molar-refractivity contribution in [3.05, 3.63) is 58.1 Å². The van der Waals surface area contributed by atoms with Gasteiger partial charge in [-0.15, -0.1) is 0 Å². The first-order chi connectivity index (χ1) is 12.3. The Morgan fingerprint density at radius 3 is 1.85 bits per heavy atom. The molecule has 0 saturated heterocycles. The van der Waals surface area contributed by atoms with Crippen molar-refractivity contribution in [3.63, 3.8) is 0 Å². The lowest BCUT2D eigenvalue weighted by molar-refractivity contribution is -0.139. The van der Waals surface area contributed by atoms with E-state index in [4.69, 9.17) is 9.47 Å². The Balaban J connectivity index is 2.38. The minimum atomic E-state index is -1.15. The van der Waals surface area contributed by atoms with E-state index in [-0.39, 0.29) is 5.56 Å². The zero-order valence-electron chi connectivity index (χ0n) is 15.5. The Morgan fingerprint density at radius 1 is 0.923 bits per heavy atom. The summed E-state index contributed by atoms with van der Waals surface area (Å²) in [4.78, 5) is 24.4. The SMILES string of the molecule is COc1cc(C(=O)NC(C(=O)O)c2cc(C)cc(C)c2)cc(OC)c1C. The highest BCUT2D eigenvalue weighted by Crippen LogP contribution is 2.29. The van der Waals surface area contributed by atoms with Crippen molar-refractivity contribution in [2.45, 2.75) is 26.8 Å². The number of methoxy groups -OCH3 is 2. The summed E-state index contributed by atoms with van der Waals surface area (Å²) in [6.45, 7) is 5.58. The smallest absolute Gasteiger partial charge is 0.330 e. The van der Waals surface area contributed by atoms with Crippen LogP contribution in [0, 0.1) is 20.8 Å². The van der Waals surface area contributed by atoms with Gasteiger partial charge in [-0.3, -0.25) is 4.79 Å². The monoisotopic (exact) mass is 357 g/mol. The van der Waals surface area contributed by atoms with E-state index < -0.39 is 17.9 Å². The lowest BCUT2D eigenvalue weighted by Crippen LogP contribution is -2.34. The van der Waals surface area contributed by atoms with Crippen LogP contribution < -0.4 is 14.8 Å². The van der Waals surface area contributed by atoms with E-state index >= 15 is 0 Å². The lowest BCUT2D eigenvalue weighted by Gasteiger charge is -2.17. The summed E-state index contributed by atoms with van der Waals surface area (Å²) in [6, 6.07) is 7.42. The van der Waals surface area contributed by atoms with Crippen molar-refractivity contribution >= 4 is 11.9 Å². The minimum absolute atomic E-state index is 0.264. The molecule has 0 heterocycles. The summed E-state index contributed by atoms with van der Waals surface area (Å²) in [5, 5.41) is 12.2. The Bertz CT molecular complexity index is 799. The van der Waals surface area contributed by atoms with Crippen LogP contribution in [-0.4, -0.2) is 31.2 Å². The number of nitrogens with one attached hydrogen (secondary N) is 1. The molecule has 0 radical (unpaired) electrons. The third kappa shape index (κ3) is 4.14. The molecule has 2 rings (SSSR count). The van der Waals surface area contributed by atoms with Crippen molar-refractivity contribution < 1.29 is 24.2 Å². The first kappa shape index (κ1) is 19.3. The normalized spacial score (nSPS) is 11.6. The number of carboxylic acids is 1. The fraction of sp³-hybridized carbons (Fsp3) is 0.300. The largest absolute Gasteiger partial charge is 0.496 e. The van der Waals surface area contributed by atoms with Crippen LogP contribution in [0.4, 0.5) is 0 Å². The fourth-order valence-electron chi connectivity index (χ4n) is 2.90. The zero-order valence-corrected chi connectivity index (χ0v) is 15.5. The second-order valence-corrected chi connectivity index (χ2v) is 6.17. The van der Waals surface area contributed by atoms with Gasteiger partial charge in [0.25, 0.3) is 5.91 Å². The summed E-state index contributed by atoms with van der Waals surface area (Å²) in [7, 11) is 3.00. The number of benzene rings is 2. The van der Waals surface area contributed by atoms with E-state index in [1.807, 2.05) is 26.8 Å². The summed E-state index contributed by atoms with van der Waals surface area (Å²) in [5.41, 5.74) is 3.41. The molecular weight excluding hydrogens is 334 g/mol. The number of aliphatic carboxylic acids is 1. The van der Waals surface area contributed by atoms with Crippen molar-refractivity contribution in [1.29, 1.82) is 0 Å². The van der Waals surface area contributed by atoms with Gasteiger partial charge in [0, 0.05) is 11.1 Å². The van der Waals surface area contributed by atoms with Crippen LogP contribution in [0.5, 0.6) is 11.5 Å². The number of hydrogen-bond acceptors (Lipinski definition) is 4. The summed E-state index contributed by atoms with van der Waals surface area (Å²) in [6.07, 6.45) is 0. The maximum atomic E-state index is 12.7. The molecule has 138 valence electrons. The molecular formula is C20H23NO5. The van der Waals surface area contributed by atoms with Crippen LogP contribution in [0.2, 0.25) is 0 Å². The Morgan fingerprint density at radius 2 is 1.42 bits per heavy atom. The molecule has 26 heavy (non-hydrogen) atoms. The molecule has 2 aromatic rings. The van der Waals surface area contributed by atoms with Gasteiger partial charge in [0.1, 0.15) is 11.5 Å². The number of carboxylic acid groups (broad SMARTS) is 1. The molecule has 1 amide bonds. The number of ether oxygens (including phenoxy) is 2. The number of amides is 1. The highest BCUT2D eigenvalue weighted by molar-refractivity contribution is 5.97. The van der Waals surface area contributed by atoms with E-state index in [2.05, 4.69) is 5.32 Å². The van der Waals surface area contributed by atoms with Gasteiger partial charge >= 0.3 is 5.97 Å². The Hall–Kier alpha value is -3.02. The predicted molar refractivity (Wildman–Crippen MR) is 98.0 cm³/mol. The quantitative estimate of drug-likeness (QED) is 0.829. The Labute approximate surface area is 152 Å².